The van der Waals surface area contributed by atoms with Gasteiger partial charge in [-0.25, -0.2) is 0 Å². The first kappa shape index (κ1) is 14.2. The van der Waals surface area contributed by atoms with Crippen molar-refractivity contribution in [2.24, 2.45) is 11.8 Å². The van der Waals surface area contributed by atoms with Gasteiger partial charge in [0.05, 0.1) is 7.11 Å². The summed E-state index contributed by atoms with van der Waals surface area (Å²) in [4.78, 5) is 0. The van der Waals surface area contributed by atoms with Crippen molar-refractivity contribution in [3.05, 3.63) is 28.2 Å². The van der Waals surface area contributed by atoms with E-state index >= 15 is 0 Å². The summed E-state index contributed by atoms with van der Waals surface area (Å²) in [7, 11) is 1.71. The molecule has 0 aromatic heterocycles. The van der Waals surface area contributed by atoms with Crippen LogP contribution in [0.3, 0.4) is 0 Å². The number of hydrogen-bond acceptors (Lipinski definition) is 4. The van der Waals surface area contributed by atoms with E-state index in [2.05, 4.69) is 27.4 Å². The zero-order valence-electron chi connectivity index (χ0n) is 10.5. The molecule has 1 fully saturated rings. The Kier molecular flexibility index (Phi) is 5.36. The van der Waals surface area contributed by atoms with E-state index in [4.69, 9.17) is 10.6 Å². The van der Waals surface area contributed by atoms with Gasteiger partial charge < -0.3 is 4.74 Å². The first-order valence-electron chi connectivity index (χ1n) is 6.11. The van der Waals surface area contributed by atoms with Crippen molar-refractivity contribution in [1.82, 2.24) is 5.43 Å². The van der Waals surface area contributed by atoms with Gasteiger partial charge in [-0.1, -0.05) is 15.9 Å². The standard InChI is InChI=1S/C13H19BrN2OS/c1-17-13-3-2-11(14)6-10(13)7-12(16-15)9-4-5-18-8-9/h2-3,6,9,12,16H,4-5,7-8,15H2,1H3. The minimum atomic E-state index is 0.322. The second kappa shape index (κ2) is 6.80. The van der Waals surface area contributed by atoms with E-state index in [1.807, 2.05) is 23.9 Å². The molecule has 1 aliphatic rings. The third-order valence-electron chi connectivity index (χ3n) is 3.43. The maximum absolute atomic E-state index is 5.72. The van der Waals surface area contributed by atoms with Gasteiger partial charge in [0.25, 0.3) is 0 Å². The van der Waals surface area contributed by atoms with Gasteiger partial charge in [-0.2, -0.15) is 11.8 Å². The number of methoxy groups -OCH3 is 1. The van der Waals surface area contributed by atoms with Gasteiger partial charge in [0, 0.05) is 10.5 Å². The summed E-state index contributed by atoms with van der Waals surface area (Å²) in [6.07, 6.45) is 2.15. The highest BCUT2D eigenvalue weighted by atomic mass is 79.9. The van der Waals surface area contributed by atoms with Gasteiger partial charge in [-0.15, -0.1) is 0 Å². The lowest BCUT2D eigenvalue weighted by Crippen LogP contribution is -2.42. The fourth-order valence-corrected chi connectivity index (χ4v) is 4.12. The van der Waals surface area contributed by atoms with E-state index in [0.29, 0.717) is 12.0 Å². The molecule has 1 aliphatic heterocycles. The maximum Gasteiger partial charge on any atom is 0.122 e. The van der Waals surface area contributed by atoms with Crippen molar-refractivity contribution in [3.8, 4) is 5.75 Å². The van der Waals surface area contributed by atoms with Crippen LogP contribution in [0.2, 0.25) is 0 Å². The van der Waals surface area contributed by atoms with E-state index in [1.165, 1.54) is 23.5 Å². The number of nitrogens with two attached hydrogens (primary N) is 1. The highest BCUT2D eigenvalue weighted by Crippen LogP contribution is 2.30. The normalized spacial score (nSPS) is 20.9. The molecule has 0 radical (unpaired) electrons. The Balaban J connectivity index is 2.12. The van der Waals surface area contributed by atoms with Crippen molar-refractivity contribution in [1.29, 1.82) is 0 Å². The van der Waals surface area contributed by atoms with Gasteiger partial charge in [-0.3, -0.25) is 11.3 Å². The molecular weight excluding hydrogens is 312 g/mol. The molecule has 0 spiro atoms. The van der Waals surface area contributed by atoms with Gasteiger partial charge >= 0.3 is 0 Å². The van der Waals surface area contributed by atoms with Gasteiger partial charge in [-0.05, 0) is 54.0 Å². The molecule has 1 heterocycles. The lowest BCUT2D eigenvalue weighted by atomic mass is 9.93. The fourth-order valence-electron chi connectivity index (χ4n) is 2.38. The van der Waals surface area contributed by atoms with E-state index in [1.54, 1.807) is 7.11 Å². The Morgan fingerprint density at radius 3 is 3.06 bits per heavy atom. The highest BCUT2D eigenvalue weighted by molar-refractivity contribution is 9.10. The van der Waals surface area contributed by atoms with Gasteiger partial charge in [0.15, 0.2) is 0 Å². The van der Waals surface area contributed by atoms with Crippen LogP contribution < -0.4 is 16.0 Å². The maximum atomic E-state index is 5.72. The summed E-state index contributed by atoms with van der Waals surface area (Å²) >= 11 is 5.52. The molecule has 1 aromatic carbocycles. The summed E-state index contributed by atoms with van der Waals surface area (Å²) in [5.74, 6) is 9.76. The van der Waals surface area contributed by atoms with Crippen molar-refractivity contribution >= 4 is 27.7 Å². The first-order valence-corrected chi connectivity index (χ1v) is 8.05. The van der Waals surface area contributed by atoms with Crippen LogP contribution >= 0.6 is 27.7 Å². The van der Waals surface area contributed by atoms with Crippen LogP contribution in [0.4, 0.5) is 0 Å². The Labute approximate surface area is 121 Å². The van der Waals surface area contributed by atoms with Gasteiger partial charge in [0.2, 0.25) is 0 Å². The summed E-state index contributed by atoms with van der Waals surface area (Å²) in [6, 6.07) is 6.43. The zero-order valence-corrected chi connectivity index (χ0v) is 12.9. The van der Waals surface area contributed by atoms with Crippen LogP contribution in [0.1, 0.15) is 12.0 Å². The molecule has 3 N–H and O–H groups in total. The quantitative estimate of drug-likeness (QED) is 0.643. The van der Waals surface area contributed by atoms with E-state index in [9.17, 15) is 0 Å². The average molecular weight is 331 g/mol. The SMILES string of the molecule is COc1ccc(Br)cc1CC(NN)C1CCSC1. The van der Waals surface area contributed by atoms with Crippen LogP contribution in [0.25, 0.3) is 0 Å². The predicted molar refractivity (Wildman–Crippen MR) is 80.9 cm³/mol. The van der Waals surface area contributed by atoms with Gasteiger partial charge in [0.1, 0.15) is 5.75 Å². The van der Waals surface area contributed by atoms with Crippen molar-refractivity contribution in [2.75, 3.05) is 18.6 Å². The number of hydrogen-bond donors (Lipinski definition) is 2. The van der Waals surface area contributed by atoms with Crippen molar-refractivity contribution in [2.45, 2.75) is 18.9 Å². The number of hydrazine groups is 1. The largest absolute Gasteiger partial charge is 0.496 e. The molecule has 0 bridgehead atoms. The molecular formula is C13H19BrN2OS. The molecule has 0 aliphatic carbocycles. The molecule has 0 amide bonds. The van der Waals surface area contributed by atoms with Crippen molar-refractivity contribution in [3.63, 3.8) is 0 Å². The van der Waals surface area contributed by atoms with Crippen LogP contribution in [0, 0.1) is 5.92 Å². The van der Waals surface area contributed by atoms with E-state index in [-0.39, 0.29) is 0 Å². The van der Waals surface area contributed by atoms with Crippen molar-refractivity contribution < 1.29 is 4.74 Å². The number of ether oxygens (including phenoxy) is 1. The lowest BCUT2D eigenvalue weighted by molar-refractivity contribution is 0.371. The summed E-state index contributed by atoms with van der Waals surface area (Å²) in [6.45, 7) is 0. The van der Waals surface area contributed by atoms with E-state index < -0.39 is 0 Å². The Morgan fingerprint density at radius 1 is 1.61 bits per heavy atom. The summed E-state index contributed by atoms with van der Waals surface area (Å²) in [5, 5.41) is 0. The molecule has 18 heavy (non-hydrogen) atoms. The fraction of sp³-hybridized carbons (Fsp3) is 0.538. The Morgan fingerprint density at radius 2 is 2.44 bits per heavy atom. The molecule has 100 valence electrons. The van der Waals surface area contributed by atoms with E-state index in [0.717, 1.165) is 16.6 Å². The number of halogens is 1. The van der Waals surface area contributed by atoms with Crippen LogP contribution in [-0.2, 0) is 6.42 Å². The number of nitrogens with one attached hydrogen (secondary N) is 1. The van der Waals surface area contributed by atoms with Crippen LogP contribution in [0.15, 0.2) is 22.7 Å². The molecule has 2 atom stereocenters. The van der Waals surface area contributed by atoms with Crippen LogP contribution in [0.5, 0.6) is 5.75 Å². The number of thioether (sulfide) groups is 1. The van der Waals surface area contributed by atoms with Crippen LogP contribution in [-0.4, -0.2) is 24.7 Å². The first-order chi connectivity index (χ1) is 8.74. The summed E-state index contributed by atoms with van der Waals surface area (Å²) in [5.41, 5.74) is 4.18. The smallest absolute Gasteiger partial charge is 0.122 e. The number of rotatable bonds is 5. The molecule has 3 nitrogen and oxygen atoms in total. The third-order valence-corrected chi connectivity index (χ3v) is 5.11. The minimum Gasteiger partial charge on any atom is -0.496 e. The molecule has 0 saturated carbocycles. The minimum absolute atomic E-state index is 0.322. The molecule has 1 saturated heterocycles. The zero-order chi connectivity index (χ0) is 13.0. The average Bonchev–Trinajstić information content (AvgIpc) is 2.90. The third kappa shape index (κ3) is 3.41. The Hall–Kier alpha value is -0.230. The topological polar surface area (TPSA) is 47.3 Å². The molecule has 2 unspecified atom stereocenters. The molecule has 1 aromatic rings. The predicted octanol–water partition coefficient (Wildman–Crippen LogP) is 2.59. The number of benzene rings is 1. The lowest BCUT2D eigenvalue weighted by Gasteiger charge is -2.23. The Bertz CT molecular complexity index is 397. The second-order valence-electron chi connectivity index (χ2n) is 4.56. The highest BCUT2D eigenvalue weighted by Gasteiger charge is 2.25. The summed E-state index contributed by atoms with van der Waals surface area (Å²) < 4.78 is 6.49. The molecule has 2 rings (SSSR count). The second-order valence-corrected chi connectivity index (χ2v) is 6.62. The molecule has 5 heteroatoms. The monoisotopic (exact) mass is 330 g/mol.